The minimum atomic E-state index is 0.271. The molecular weight excluding hydrogens is 176 g/mol. The topological polar surface area (TPSA) is 64.7 Å². The van der Waals surface area contributed by atoms with Crippen LogP contribution in [0.3, 0.4) is 0 Å². The first-order valence-corrected chi connectivity index (χ1v) is 4.94. The van der Waals surface area contributed by atoms with Gasteiger partial charge in [-0.25, -0.2) is 9.97 Å². The predicted molar refractivity (Wildman–Crippen MR) is 57.4 cm³/mol. The molecule has 0 radical (unpaired) electrons. The summed E-state index contributed by atoms with van der Waals surface area (Å²) < 4.78 is 0. The zero-order valence-electron chi connectivity index (χ0n) is 8.48. The van der Waals surface area contributed by atoms with Crippen molar-refractivity contribution in [2.75, 3.05) is 5.73 Å². The Kier molecular flexibility index (Phi) is 4.61. The highest BCUT2D eigenvalue weighted by Gasteiger charge is 1.91. The Hall–Kier alpha value is -1.45. The second-order valence-corrected chi connectivity index (χ2v) is 3.10. The Balaban J connectivity index is 2.36. The molecule has 4 heteroatoms. The van der Waals surface area contributed by atoms with Crippen LogP contribution in [0, 0.1) is 0 Å². The number of aromatic nitrogens is 3. The zero-order chi connectivity index (χ0) is 10.2. The van der Waals surface area contributed by atoms with Gasteiger partial charge < -0.3 is 5.73 Å². The Labute approximate surface area is 84.3 Å². The van der Waals surface area contributed by atoms with Crippen LogP contribution in [-0.2, 0) is 0 Å². The highest BCUT2D eigenvalue weighted by molar-refractivity contribution is 5.40. The number of anilines is 1. The average Bonchev–Trinajstić information content (AvgIpc) is 2.18. The molecule has 0 saturated carbocycles. The summed E-state index contributed by atoms with van der Waals surface area (Å²) in [5.74, 6) is 0.905. The highest BCUT2D eigenvalue weighted by atomic mass is 15.1. The van der Waals surface area contributed by atoms with Crippen molar-refractivity contribution in [2.45, 2.75) is 32.6 Å². The third kappa shape index (κ3) is 3.98. The number of hydrogen-bond acceptors (Lipinski definition) is 4. The summed E-state index contributed by atoms with van der Waals surface area (Å²) in [4.78, 5) is 11.6. The standard InChI is InChI=1S/C10H16N4/c1-2-3-4-5-6-7-9-12-8-13-10(11)14-9/h6-8H,2-5H2,1H3,(H2,11,12,13,14). The van der Waals surface area contributed by atoms with E-state index in [0.717, 1.165) is 6.42 Å². The van der Waals surface area contributed by atoms with Crippen LogP contribution in [0.15, 0.2) is 12.4 Å². The number of nitrogens with zero attached hydrogens (tertiary/aromatic N) is 3. The monoisotopic (exact) mass is 192 g/mol. The summed E-state index contributed by atoms with van der Waals surface area (Å²) in [6, 6.07) is 0. The molecule has 0 unspecified atom stereocenters. The minimum absolute atomic E-state index is 0.271. The molecule has 0 bridgehead atoms. The number of unbranched alkanes of at least 4 members (excludes halogenated alkanes) is 3. The smallest absolute Gasteiger partial charge is 0.223 e. The van der Waals surface area contributed by atoms with Crippen molar-refractivity contribution in [2.24, 2.45) is 0 Å². The fourth-order valence-electron chi connectivity index (χ4n) is 1.10. The van der Waals surface area contributed by atoms with Gasteiger partial charge in [0.2, 0.25) is 5.95 Å². The first kappa shape index (κ1) is 10.6. The fourth-order valence-corrected chi connectivity index (χ4v) is 1.10. The van der Waals surface area contributed by atoms with Crippen molar-refractivity contribution in [1.29, 1.82) is 0 Å². The molecule has 0 fully saturated rings. The largest absolute Gasteiger partial charge is 0.368 e. The number of hydrogen-bond donors (Lipinski definition) is 1. The van der Waals surface area contributed by atoms with Crippen LogP contribution in [0.2, 0.25) is 0 Å². The summed E-state index contributed by atoms with van der Waals surface area (Å²) in [7, 11) is 0. The average molecular weight is 192 g/mol. The molecular formula is C10H16N4. The lowest BCUT2D eigenvalue weighted by molar-refractivity contribution is 0.730. The molecule has 1 rings (SSSR count). The minimum Gasteiger partial charge on any atom is -0.368 e. The maximum atomic E-state index is 5.41. The molecule has 1 heterocycles. The lowest BCUT2D eigenvalue weighted by Gasteiger charge is -1.93. The molecule has 0 amide bonds. The van der Waals surface area contributed by atoms with Crippen molar-refractivity contribution in [3.8, 4) is 0 Å². The van der Waals surface area contributed by atoms with Gasteiger partial charge >= 0.3 is 0 Å². The van der Waals surface area contributed by atoms with Crippen LogP contribution in [0.25, 0.3) is 6.08 Å². The first-order chi connectivity index (χ1) is 6.83. The second-order valence-electron chi connectivity index (χ2n) is 3.10. The molecule has 0 aliphatic heterocycles. The van der Waals surface area contributed by atoms with Gasteiger partial charge in [0, 0.05) is 0 Å². The number of nitrogens with two attached hydrogens (primary N) is 1. The lowest BCUT2D eigenvalue weighted by Crippen LogP contribution is -1.97. The molecule has 76 valence electrons. The summed E-state index contributed by atoms with van der Waals surface area (Å²) in [6.45, 7) is 2.19. The molecule has 0 saturated heterocycles. The summed E-state index contributed by atoms with van der Waals surface area (Å²) in [5, 5.41) is 0. The van der Waals surface area contributed by atoms with Crippen LogP contribution >= 0.6 is 0 Å². The predicted octanol–water partition coefficient (Wildman–Crippen LogP) is 2.05. The van der Waals surface area contributed by atoms with Gasteiger partial charge in [-0.2, -0.15) is 4.98 Å². The van der Waals surface area contributed by atoms with E-state index in [2.05, 4.69) is 28.0 Å². The molecule has 0 atom stereocenters. The van der Waals surface area contributed by atoms with E-state index in [0.29, 0.717) is 5.82 Å². The molecule has 0 aliphatic carbocycles. The van der Waals surface area contributed by atoms with Crippen LogP contribution in [0.1, 0.15) is 38.4 Å². The molecule has 14 heavy (non-hydrogen) atoms. The molecule has 0 spiro atoms. The SMILES string of the molecule is CCCCCC=Cc1ncnc(N)n1. The van der Waals surface area contributed by atoms with E-state index in [1.54, 1.807) is 0 Å². The van der Waals surface area contributed by atoms with E-state index < -0.39 is 0 Å². The molecule has 0 aromatic carbocycles. The Morgan fingerprint density at radius 2 is 2.21 bits per heavy atom. The quantitative estimate of drug-likeness (QED) is 0.725. The Morgan fingerprint density at radius 3 is 2.93 bits per heavy atom. The maximum absolute atomic E-state index is 5.41. The molecule has 0 aliphatic rings. The Morgan fingerprint density at radius 1 is 1.36 bits per heavy atom. The fraction of sp³-hybridized carbons (Fsp3) is 0.500. The number of allylic oxidation sites excluding steroid dienone is 1. The van der Waals surface area contributed by atoms with Crippen LogP contribution in [-0.4, -0.2) is 15.0 Å². The number of nitrogen functional groups attached to an aromatic ring is 1. The third-order valence-electron chi connectivity index (χ3n) is 1.85. The van der Waals surface area contributed by atoms with E-state index in [4.69, 9.17) is 5.73 Å². The van der Waals surface area contributed by atoms with E-state index in [1.807, 2.05) is 6.08 Å². The summed E-state index contributed by atoms with van der Waals surface area (Å²) in [6.07, 6.45) is 10.2. The normalized spacial score (nSPS) is 10.9. The van der Waals surface area contributed by atoms with E-state index in [-0.39, 0.29) is 5.95 Å². The number of rotatable bonds is 5. The van der Waals surface area contributed by atoms with Gasteiger partial charge in [-0.1, -0.05) is 25.8 Å². The second kappa shape index (κ2) is 6.07. The molecule has 4 nitrogen and oxygen atoms in total. The van der Waals surface area contributed by atoms with Gasteiger partial charge in [0.1, 0.15) is 6.33 Å². The molecule has 1 aromatic rings. The van der Waals surface area contributed by atoms with Gasteiger partial charge in [-0.3, -0.25) is 0 Å². The van der Waals surface area contributed by atoms with Crippen LogP contribution in [0.5, 0.6) is 0 Å². The maximum Gasteiger partial charge on any atom is 0.223 e. The van der Waals surface area contributed by atoms with Gasteiger partial charge in [0.25, 0.3) is 0 Å². The van der Waals surface area contributed by atoms with Crippen molar-refractivity contribution in [1.82, 2.24) is 15.0 Å². The van der Waals surface area contributed by atoms with Gasteiger partial charge in [0.05, 0.1) is 0 Å². The summed E-state index contributed by atoms with van der Waals surface area (Å²) in [5.41, 5.74) is 5.41. The van der Waals surface area contributed by atoms with Crippen molar-refractivity contribution in [3.05, 3.63) is 18.2 Å². The van der Waals surface area contributed by atoms with Crippen molar-refractivity contribution >= 4 is 12.0 Å². The highest BCUT2D eigenvalue weighted by Crippen LogP contribution is 2.02. The van der Waals surface area contributed by atoms with Crippen LogP contribution in [0.4, 0.5) is 5.95 Å². The van der Waals surface area contributed by atoms with E-state index in [9.17, 15) is 0 Å². The van der Waals surface area contributed by atoms with Gasteiger partial charge in [-0.15, -0.1) is 0 Å². The Bertz CT molecular complexity index is 296. The summed E-state index contributed by atoms with van der Waals surface area (Å²) >= 11 is 0. The van der Waals surface area contributed by atoms with E-state index in [1.165, 1.54) is 25.6 Å². The van der Waals surface area contributed by atoms with Crippen molar-refractivity contribution in [3.63, 3.8) is 0 Å². The van der Waals surface area contributed by atoms with E-state index >= 15 is 0 Å². The van der Waals surface area contributed by atoms with Gasteiger partial charge in [0.15, 0.2) is 5.82 Å². The zero-order valence-corrected chi connectivity index (χ0v) is 8.48. The lowest BCUT2D eigenvalue weighted by atomic mass is 10.2. The molecule has 1 aromatic heterocycles. The molecule has 2 N–H and O–H groups in total. The first-order valence-electron chi connectivity index (χ1n) is 4.94. The van der Waals surface area contributed by atoms with Crippen LogP contribution < -0.4 is 5.73 Å². The van der Waals surface area contributed by atoms with Gasteiger partial charge in [-0.05, 0) is 18.9 Å². The third-order valence-corrected chi connectivity index (χ3v) is 1.85. The van der Waals surface area contributed by atoms with Crippen molar-refractivity contribution < 1.29 is 0 Å².